The van der Waals surface area contributed by atoms with Crippen LogP contribution in [0.25, 0.3) is 0 Å². The number of anilines is 4. The molecule has 1 aromatic carbocycles. The topological polar surface area (TPSA) is 173 Å². The summed E-state index contributed by atoms with van der Waals surface area (Å²) in [6.45, 7) is 3.29. The second kappa shape index (κ2) is 15.8. The minimum absolute atomic E-state index is 0.113. The van der Waals surface area contributed by atoms with Gasteiger partial charge >= 0.3 is 23.9 Å². The third-order valence-corrected chi connectivity index (χ3v) is 7.92. The maximum absolute atomic E-state index is 13.0. The molecule has 0 aliphatic carbocycles. The summed E-state index contributed by atoms with van der Waals surface area (Å²) in [6, 6.07) is 9.27. The molecule has 0 radical (unpaired) electrons. The number of halogens is 7. The number of hydrogen-bond acceptors (Lipinski definition) is 12. The maximum Gasteiger partial charge on any atom is 0.458 e. The molecule has 6 rings (SSSR count). The Morgan fingerprint density at radius 3 is 2.19 bits per heavy atom. The number of ether oxygens (including phenoxy) is 1. The van der Waals surface area contributed by atoms with E-state index in [0.29, 0.717) is 67.3 Å². The number of benzene rings is 1. The van der Waals surface area contributed by atoms with Crippen LogP contribution < -0.4 is 15.4 Å². The van der Waals surface area contributed by atoms with Crippen molar-refractivity contribution < 1.29 is 54.8 Å². The van der Waals surface area contributed by atoms with Crippen LogP contribution in [-0.4, -0.2) is 98.4 Å². The number of alkyl halides is 6. The van der Waals surface area contributed by atoms with Gasteiger partial charge in [-0.05, 0) is 55.2 Å². The molecule has 2 aliphatic rings. The Labute approximate surface area is 300 Å². The molecule has 2 N–H and O–H groups in total. The van der Waals surface area contributed by atoms with Crippen molar-refractivity contribution in [2.45, 2.75) is 32.1 Å². The minimum atomic E-state index is -5.77. The van der Waals surface area contributed by atoms with Crippen LogP contribution in [0, 0.1) is 6.92 Å². The smallest absolute Gasteiger partial charge is 0.458 e. The molecule has 4 aromatic rings. The summed E-state index contributed by atoms with van der Waals surface area (Å²) >= 11 is 6.36. The first kappa shape index (κ1) is 38.4. The number of rotatable bonds is 5. The van der Waals surface area contributed by atoms with Crippen molar-refractivity contribution in [2.24, 2.45) is 0 Å². The predicted octanol–water partition coefficient (Wildman–Crippen LogP) is 5.02. The van der Waals surface area contributed by atoms with Crippen molar-refractivity contribution in [3.63, 3.8) is 0 Å². The molecule has 0 unspecified atom stereocenters. The summed E-state index contributed by atoms with van der Waals surface area (Å²) in [6.07, 6.45) is -5.12. The highest BCUT2D eigenvalue weighted by molar-refractivity contribution is 6.41. The molecule has 1 saturated heterocycles. The number of hydrogen-bond donors (Lipinski definition) is 2. The van der Waals surface area contributed by atoms with E-state index in [2.05, 4.69) is 30.7 Å². The number of fused-ring (bicyclic) bond motifs is 6. The molecule has 0 saturated carbocycles. The Morgan fingerprint density at radius 2 is 1.55 bits per heavy atom. The minimum Gasteiger partial charge on any atom is -0.483 e. The van der Waals surface area contributed by atoms with E-state index in [9.17, 15) is 45.5 Å². The van der Waals surface area contributed by atoms with Crippen molar-refractivity contribution in [3.8, 4) is 5.75 Å². The first-order chi connectivity index (χ1) is 25.0. The molecule has 53 heavy (non-hydrogen) atoms. The van der Waals surface area contributed by atoms with Crippen molar-refractivity contribution in [2.75, 3.05) is 43.4 Å². The fraction of sp³-hybridized carbons (Fsp3) is 0.312. The maximum atomic E-state index is 13.0. The van der Waals surface area contributed by atoms with Gasteiger partial charge in [0.2, 0.25) is 5.95 Å². The van der Waals surface area contributed by atoms with Gasteiger partial charge in [0.15, 0.2) is 18.1 Å². The zero-order chi connectivity index (χ0) is 38.5. The predicted molar refractivity (Wildman–Crippen MR) is 173 cm³/mol. The van der Waals surface area contributed by atoms with Crippen molar-refractivity contribution in [3.05, 3.63) is 76.5 Å². The number of aromatic nitrogens is 4. The van der Waals surface area contributed by atoms with Gasteiger partial charge in [0.25, 0.3) is 11.8 Å². The Hall–Kier alpha value is -5.79. The molecule has 0 atom stereocenters. The lowest BCUT2D eigenvalue weighted by Crippen LogP contribution is -2.51. The standard InChI is InChI=1S/C28H27ClN8O4.C4F6O2/c1-17-10-23(35-41-17)27(39)37-8-6-36(7-9-37)25(38)16-40-24-5-4-20-12-19(24)3-2-18-11-21(14-30-13-18)33-28-31-15-22(29)26(32-20)34-28;5-3(6,7)1(11)2(12)4(8,9)10/h4-5,10-15H,2-3,6-9,16H2,1H3,(H2,31,32,33,34);. The summed E-state index contributed by atoms with van der Waals surface area (Å²) in [7, 11) is 0. The lowest BCUT2D eigenvalue weighted by Gasteiger charge is -2.34. The first-order valence-electron chi connectivity index (χ1n) is 15.5. The third kappa shape index (κ3) is 9.96. The number of pyridine rings is 1. The Balaban J connectivity index is 0.000000390. The largest absolute Gasteiger partial charge is 0.483 e. The summed E-state index contributed by atoms with van der Waals surface area (Å²) in [5.74, 6) is -5.11. The normalized spacial score (nSPS) is 14.2. The molecule has 3 aromatic heterocycles. The molecule has 1 fully saturated rings. The summed E-state index contributed by atoms with van der Waals surface area (Å²) in [5, 5.41) is 10.6. The van der Waals surface area contributed by atoms with Gasteiger partial charge in [-0.2, -0.15) is 31.3 Å². The molecule has 21 heteroatoms. The van der Waals surface area contributed by atoms with Crippen LogP contribution in [0.5, 0.6) is 5.75 Å². The fourth-order valence-electron chi connectivity index (χ4n) is 5.02. The number of Topliss-reactive ketones (excluding diaryl/α,β-unsaturated/α-hetero) is 2. The highest BCUT2D eigenvalue weighted by Gasteiger charge is 2.54. The molecular weight excluding hydrogens is 742 g/mol. The summed E-state index contributed by atoms with van der Waals surface area (Å²) in [5.41, 5.74) is 3.76. The van der Waals surface area contributed by atoms with Crippen LogP contribution in [0.1, 0.15) is 27.4 Å². The van der Waals surface area contributed by atoms with Gasteiger partial charge in [0.1, 0.15) is 16.5 Å². The third-order valence-electron chi connectivity index (χ3n) is 7.64. The van der Waals surface area contributed by atoms with Crippen LogP contribution in [0.4, 0.5) is 49.5 Å². The number of nitrogens with one attached hydrogen (secondary N) is 2. The number of aryl methyl sites for hydroxylation is 3. The van der Waals surface area contributed by atoms with Crippen LogP contribution in [0.2, 0.25) is 5.02 Å². The average Bonchev–Trinajstić information content (AvgIpc) is 3.56. The second-order valence-electron chi connectivity index (χ2n) is 11.5. The Morgan fingerprint density at radius 1 is 0.868 bits per heavy atom. The summed E-state index contributed by atoms with van der Waals surface area (Å²) in [4.78, 5) is 61.4. The Kier molecular flexibility index (Phi) is 11.5. The van der Waals surface area contributed by atoms with E-state index >= 15 is 0 Å². The second-order valence-corrected chi connectivity index (χ2v) is 11.9. The van der Waals surface area contributed by atoms with Crippen LogP contribution in [0.15, 0.2) is 53.4 Å². The molecule has 2 aliphatic heterocycles. The average molecular weight is 769 g/mol. The number of ketones is 2. The summed E-state index contributed by atoms with van der Waals surface area (Å²) < 4.78 is 78.0. The van der Waals surface area contributed by atoms with Gasteiger partial charge in [-0.3, -0.25) is 24.2 Å². The fourth-order valence-corrected chi connectivity index (χ4v) is 5.16. The van der Waals surface area contributed by atoms with Crippen molar-refractivity contribution in [1.82, 2.24) is 29.9 Å². The SMILES string of the molecule is Cc1cc(C(=O)N2CCN(C(=O)COc3ccc4cc3CCc3cncc(c3)Nc3ncc(Cl)c(n3)N4)CC2)no1.O=C(C(=O)C(F)(F)F)C(F)(F)F. The molecule has 2 amide bonds. The zero-order valence-corrected chi connectivity index (χ0v) is 28.1. The van der Waals surface area contributed by atoms with E-state index in [-0.39, 0.29) is 24.1 Å². The molecule has 6 bridgehead atoms. The monoisotopic (exact) mass is 768 g/mol. The van der Waals surface area contributed by atoms with E-state index in [1.165, 1.54) is 6.20 Å². The van der Waals surface area contributed by atoms with E-state index in [1.807, 2.05) is 30.5 Å². The quantitative estimate of drug-likeness (QED) is 0.206. The van der Waals surface area contributed by atoms with Crippen LogP contribution in [-0.2, 0) is 27.2 Å². The van der Waals surface area contributed by atoms with Crippen molar-refractivity contribution >= 4 is 58.1 Å². The number of carbonyl (C=O) groups is 4. The molecule has 5 heterocycles. The van der Waals surface area contributed by atoms with Gasteiger partial charge in [-0.1, -0.05) is 16.8 Å². The number of nitrogens with zero attached hydrogens (tertiary/aromatic N) is 6. The van der Waals surface area contributed by atoms with Crippen LogP contribution >= 0.6 is 11.6 Å². The van der Waals surface area contributed by atoms with E-state index in [0.717, 1.165) is 22.5 Å². The molecule has 0 spiro atoms. The van der Waals surface area contributed by atoms with Gasteiger partial charge in [0.05, 0.1) is 18.1 Å². The van der Waals surface area contributed by atoms with Crippen molar-refractivity contribution in [1.29, 1.82) is 0 Å². The van der Waals surface area contributed by atoms with E-state index in [1.54, 1.807) is 29.0 Å². The highest BCUT2D eigenvalue weighted by atomic mass is 35.5. The van der Waals surface area contributed by atoms with Gasteiger partial charge in [-0.25, -0.2) is 4.98 Å². The zero-order valence-electron chi connectivity index (χ0n) is 27.3. The Bertz CT molecular complexity index is 1990. The number of piperazine rings is 1. The number of carbonyl (C=O) groups excluding carboxylic acids is 4. The number of amides is 2. The highest BCUT2D eigenvalue weighted by Crippen LogP contribution is 2.30. The molecule has 14 nitrogen and oxygen atoms in total. The molecule has 280 valence electrons. The first-order valence-corrected chi connectivity index (χ1v) is 15.8. The van der Waals surface area contributed by atoms with Gasteiger partial charge in [-0.15, -0.1) is 0 Å². The molecular formula is C32H27ClF6N8O6. The van der Waals surface area contributed by atoms with Crippen LogP contribution in [0.3, 0.4) is 0 Å². The van der Waals surface area contributed by atoms with E-state index < -0.39 is 23.9 Å². The van der Waals surface area contributed by atoms with Gasteiger partial charge < -0.3 is 29.7 Å². The lowest BCUT2D eigenvalue weighted by atomic mass is 10.0. The van der Waals surface area contributed by atoms with Gasteiger partial charge in [0, 0.05) is 44.1 Å². The lowest BCUT2D eigenvalue weighted by molar-refractivity contribution is -0.193. The van der Waals surface area contributed by atoms with E-state index in [4.69, 9.17) is 20.9 Å².